The van der Waals surface area contributed by atoms with Crippen molar-refractivity contribution in [3.63, 3.8) is 0 Å². The van der Waals surface area contributed by atoms with Crippen LogP contribution in [0.2, 0.25) is 0 Å². The maximum atomic E-state index is 5.56. The molecule has 0 aromatic carbocycles. The third kappa shape index (κ3) is 1.28. The van der Waals surface area contributed by atoms with E-state index in [0.29, 0.717) is 11.5 Å². The minimum Gasteiger partial charge on any atom is -0.463 e. The highest BCUT2D eigenvalue weighted by Crippen LogP contribution is 2.21. The van der Waals surface area contributed by atoms with E-state index in [-0.39, 0.29) is 11.8 Å². The van der Waals surface area contributed by atoms with Gasteiger partial charge in [-0.1, -0.05) is 0 Å². The number of nitrogens with two attached hydrogens (primary N) is 2. The van der Waals surface area contributed by atoms with E-state index in [0.717, 1.165) is 0 Å². The van der Waals surface area contributed by atoms with Gasteiger partial charge >= 0.3 is 0 Å². The summed E-state index contributed by atoms with van der Waals surface area (Å²) in [5.74, 6) is 0.785. The Morgan fingerprint density at radius 2 is 2.08 bits per heavy atom. The Morgan fingerprint density at radius 1 is 1.23 bits per heavy atom. The predicted molar refractivity (Wildman–Crippen MR) is 46.4 cm³/mol. The molecule has 0 amide bonds. The Morgan fingerprint density at radius 3 is 2.69 bits per heavy atom. The Hall–Kier alpha value is -2.11. The van der Waals surface area contributed by atoms with Crippen LogP contribution in [0.5, 0.6) is 0 Å². The van der Waals surface area contributed by atoms with Crippen LogP contribution in [0, 0.1) is 0 Å². The van der Waals surface area contributed by atoms with Crippen molar-refractivity contribution in [1.29, 1.82) is 0 Å². The molecule has 66 valence electrons. The smallest absolute Gasteiger partial charge is 0.242 e. The van der Waals surface area contributed by atoms with Crippen molar-refractivity contribution in [2.24, 2.45) is 0 Å². The summed E-state index contributed by atoms with van der Waals surface area (Å²) in [5, 5.41) is 7.34. The van der Waals surface area contributed by atoms with Gasteiger partial charge < -0.3 is 15.9 Å². The number of rotatable bonds is 1. The second-order valence-electron chi connectivity index (χ2n) is 2.38. The fraction of sp³-hybridized carbons (Fsp3) is 0. The van der Waals surface area contributed by atoms with Crippen LogP contribution in [-0.4, -0.2) is 15.2 Å². The number of hydrogen-bond donors (Lipinski definition) is 2. The van der Waals surface area contributed by atoms with E-state index in [1.807, 2.05) is 0 Å². The number of aromatic nitrogens is 3. The summed E-state index contributed by atoms with van der Waals surface area (Å²) in [4.78, 5) is 3.75. The summed E-state index contributed by atoms with van der Waals surface area (Å²) in [7, 11) is 0. The van der Waals surface area contributed by atoms with Crippen LogP contribution in [0.3, 0.4) is 0 Å². The topological polar surface area (TPSA) is 104 Å². The zero-order valence-electron chi connectivity index (χ0n) is 6.64. The van der Waals surface area contributed by atoms with E-state index >= 15 is 0 Å². The van der Waals surface area contributed by atoms with Crippen LogP contribution in [0.25, 0.3) is 11.5 Å². The van der Waals surface area contributed by atoms with Crippen LogP contribution < -0.4 is 11.5 Å². The van der Waals surface area contributed by atoms with Gasteiger partial charge in [-0.3, -0.25) is 0 Å². The molecule has 2 rings (SSSR count). The van der Waals surface area contributed by atoms with Gasteiger partial charge in [-0.05, 0) is 12.1 Å². The Kier molecular flexibility index (Phi) is 1.59. The van der Waals surface area contributed by atoms with Gasteiger partial charge in [0.1, 0.15) is 0 Å². The quantitative estimate of drug-likeness (QED) is 0.649. The van der Waals surface area contributed by atoms with Gasteiger partial charge in [-0.2, -0.15) is 4.98 Å². The van der Waals surface area contributed by atoms with Crippen LogP contribution in [0.4, 0.5) is 11.8 Å². The molecule has 0 fully saturated rings. The lowest BCUT2D eigenvalue weighted by Gasteiger charge is -1.98. The first kappa shape index (κ1) is 7.53. The first-order chi connectivity index (χ1) is 6.27. The van der Waals surface area contributed by atoms with Crippen molar-refractivity contribution in [3.8, 4) is 11.5 Å². The molecule has 13 heavy (non-hydrogen) atoms. The van der Waals surface area contributed by atoms with E-state index in [1.165, 1.54) is 6.26 Å². The molecule has 0 atom stereocenters. The first-order valence-corrected chi connectivity index (χ1v) is 3.57. The third-order valence-corrected chi connectivity index (χ3v) is 1.48. The Labute approximate surface area is 73.6 Å². The van der Waals surface area contributed by atoms with Crippen molar-refractivity contribution in [2.45, 2.75) is 0 Å². The van der Waals surface area contributed by atoms with Crippen LogP contribution in [-0.2, 0) is 0 Å². The number of hydrogen-bond acceptors (Lipinski definition) is 6. The van der Waals surface area contributed by atoms with E-state index in [1.54, 1.807) is 12.1 Å². The van der Waals surface area contributed by atoms with Crippen molar-refractivity contribution < 1.29 is 4.42 Å². The highest BCUT2D eigenvalue weighted by molar-refractivity contribution is 5.64. The summed E-state index contributed by atoms with van der Waals surface area (Å²) in [6, 6.07) is 3.45. The zero-order chi connectivity index (χ0) is 9.26. The van der Waals surface area contributed by atoms with E-state index in [9.17, 15) is 0 Å². The molecule has 2 aromatic rings. The molecule has 0 aliphatic carbocycles. The molecular weight excluding hydrogens is 170 g/mol. The second-order valence-corrected chi connectivity index (χ2v) is 2.38. The maximum Gasteiger partial charge on any atom is 0.242 e. The largest absolute Gasteiger partial charge is 0.463 e. The molecule has 2 heterocycles. The molecule has 0 saturated heterocycles. The molecule has 0 aliphatic heterocycles. The molecule has 0 radical (unpaired) electrons. The first-order valence-electron chi connectivity index (χ1n) is 3.57. The van der Waals surface area contributed by atoms with E-state index in [2.05, 4.69) is 15.2 Å². The number of nitrogens with zero attached hydrogens (tertiary/aromatic N) is 3. The normalized spacial score (nSPS) is 10.2. The molecule has 0 spiro atoms. The molecule has 0 saturated carbocycles. The van der Waals surface area contributed by atoms with E-state index in [4.69, 9.17) is 15.9 Å². The highest BCUT2D eigenvalue weighted by Gasteiger charge is 2.09. The van der Waals surface area contributed by atoms with Crippen molar-refractivity contribution >= 4 is 11.8 Å². The van der Waals surface area contributed by atoms with Gasteiger partial charge in [0.25, 0.3) is 0 Å². The van der Waals surface area contributed by atoms with Gasteiger partial charge in [-0.25, -0.2) is 0 Å². The molecule has 2 aromatic heterocycles. The predicted octanol–water partition coefficient (Wildman–Crippen LogP) is 0.296. The van der Waals surface area contributed by atoms with E-state index < -0.39 is 0 Å². The Balaban J connectivity index is 2.53. The van der Waals surface area contributed by atoms with Crippen LogP contribution >= 0.6 is 0 Å². The molecule has 4 N–H and O–H groups in total. The SMILES string of the molecule is Nc1nnc(-c2ccco2)c(N)n1. The monoisotopic (exact) mass is 177 g/mol. The van der Waals surface area contributed by atoms with Crippen molar-refractivity contribution in [2.75, 3.05) is 11.5 Å². The molecule has 6 nitrogen and oxygen atoms in total. The van der Waals surface area contributed by atoms with Gasteiger partial charge in [0.15, 0.2) is 17.3 Å². The number of anilines is 2. The summed E-state index contributed by atoms with van der Waals surface area (Å²) in [6.45, 7) is 0. The van der Waals surface area contributed by atoms with Gasteiger partial charge in [0, 0.05) is 0 Å². The van der Waals surface area contributed by atoms with Gasteiger partial charge in [-0.15, -0.1) is 10.2 Å². The maximum absolute atomic E-state index is 5.56. The minimum absolute atomic E-state index is 0.0489. The lowest BCUT2D eigenvalue weighted by Crippen LogP contribution is -2.03. The van der Waals surface area contributed by atoms with Crippen molar-refractivity contribution in [3.05, 3.63) is 18.4 Å². The summed E-state index contributed by atoms with van der Waals surface area (Å²) in [6.07, 6.45) is 1.52. The van der Waals surface area contributed by atoms with Crippen LogP contribution in [0.1, 0.15) is 0 Å². The lowest BCUT2D eigenvalue weighted by molar-refractivity contribution is 0.579. The van der Waals surface area contributed by atoms with Crippen LogP contribution in [0.15, 0.2) is 22.8 Å². The lowest BCUT2D eigenvalue weighted by atomic mass is 10.3. The summed E-state index contributed by atoms with van der Waals surface area (Å²) >= 11 is 0. The standard InChI is InChI=1S/C7H7N5O/c8-6-5(4-2-1-3-13-4)11-12-7(9)10-6/h1-3H,(H4,8,9,10,12). The molecule has 0 aliphatic rings. The van der Waals surface area contributed by atoms with Gasteiger partial charge in [0.2, 0.25) is 5.95 Å². The fourth-order valence-electron chi connectivity index (χ4n) is 0.940. The van der Waals surface area contributed by atoms with Gasteiger partial charge in [0.05, 0.1) is 6.26 Å². The second kappa shape index (κ2) is 2.74. The average molecular weight is 177 g/mol. The zero-order valence-corrected chi connectivity index (χ0v) is 6.64. The highest BCUT2D eigenvalue weighted by atomic mass is 16.3. The minimum atomic E-state index is 0.0489. The average Bonchev–Trinajstić information content (AvgIpc) is 2.56. The molecular formula is C7H7N5O. The summed E-state index contributed by atoms with van der Waals surface area (Å²) < 4.78 is 5.08. The molecule has 0 unspecified atom stereocenters. The molecule has 6 heteroatoms. The number of nitrogen functional groups attached to an aromatic ring is 2. The van der Waals surface area contributed by atoms with Crippen molar-refractivity contribution in [1.82, 2.24) is 15.2 Å². The fourth-order valence-corrected chi connectivity index (χ4v) is 0.940. The third-order valence-electron chi connectivity index (χ3n) is 1.48. The summed E-state index contributed by atoms with van der Waals surface area (Å²) in [5.41, 5.74) is 11.2. The number of furan rings is 1. The molecule has 0 bridgehead atoms. The Bertz CT molecular complexity index is 411.